The topological polar surface area (TPSA) is 38.5 Å². The number of nitrogens with zero attached hydrogens (tertiary/aromatic N) is 1. The van der Waals surface area contributed by atoms with E-state index in [2.05, 4.69) is 18.7 Å². The maximum absolute atomic E-state index is 5.95. The number of nitrogens with two attached hydrogens (primary N) is 1. The summed E-state index contributed by atoms with van der Waals surface area (Å²) in [5.41, 5.74) is 6.20. The van der Waals surface area contributed by atoms with Crippen molar-refractivity contribution in [3.8, 4) is 0 Å². The van der Waals surface area contributed by atoms with Gasteiger partial charge in [0.1, 0.15) is 0 Å². The van der Waals surface area contributed by atoms with Gasteiger partial charge in [-0.05, 0) is 24.7 Å². The summed E-state index contributed by atoms with van der Waals surface area (Å²) in [6.45, 7) is 10.9. The Kier molecular flexibility index (Phi) is 3.88. The first-order chi connectivity index (χ1) is 7.63. The summed E-state index contributed by atoms with van der Waals surface area (Å²) in [4.78, 5) is 2.61. The molecule has 2 aliphatic heterocycles. The zero-order valence-corrected chi connectivity index (χ0v) is 10.7. The molecule has 3 unspecified atom stereocenters. The Morgan fingerprint density at radius 3 is 2.50 bits per heavy atom. The van der Waals surface area contributed by atoms with E-state index in [1.54, 1.807) is 0 Å². The van der Waals surface area contributed by atoms with E-state index in [1.165, 1.54) is 19.5 Å². The second kappa shape index (κ2) is 5.03. The molecule has 2 aliphatic rings. The molecule has 3 atom stereocenters. The second-order valence-electron chi connectivity index (χ2n) is 6.15. The van der Waals surface area contributed by atoms with Crippen LogP contribution in [0.4, 0.5) is 0 Å². The molecule has 0 aliphatic carbocycles. The van der Waals surface area contributed by atoms with Crippen LogP contribution in [-0.2, 0) is 4.74 Å². The van der Waals surface area contributed by atoms with E-state index in [0.717, 1.165) is 44.6 Å². The van der Waals surface area contributed by atoms with Crippen LogP contribution in [0.2, 0.25) is 0 Å². The summed E-state index contributed by atoms with van der Waals surface area (Å²) in [7, 11) is 0. The van der Waals surface area contributed by atoms with Gasteiger partial charge in [-0.3, -0.25) is 0 Å². The predicted octanol–water partition coefficient (Wildman–Crippen LogP) is 1.33. The van der Waals surface area contributed by atoms with Gasteiger partial charge >= 0.3 is 0 Å². The summed E-state index contributed by atoms with van der Waals surface area (Å²) >= 11 is 0. The van der Waals surface area contributed by atoms with Crippen molar-refractivity contribution >= 4 is 0 Å². The van der Waals surface area contributed by atoms with Crippen molar-refractivity contribution in [2.45, 2.75) is 26.7 Å². The Labute approximate surface area is 99.3 Å². The van der Waals surface area contributed by atoms with Gasteiger partial charge in [-0.15, -0.1) is 0 Å². The standard InChI is InChI=1S/C13H26N2O/c1-11-5-12(2)7-15(6-11)9-13(8-14)3-4-16-10-13/h11-12H,3-10,14H2,1-2H3. The molecule has 2 rings (SSSR count). The van der Waals surface area contributed by atoms with Gasteiger partial charge in [0, 0.05) is 38.2 Å². The molecule has 0 amide bonds. The van der Waals surface area contributed by atoms with Crippen LogP contribution in [0.1, 0.15) is 26.7 Å². The van der Waals surface area contributed by atoms with E-state index in [1.807, 2.05) is 0 Å². The third kappa shape index (κ3) is 2.76. The molecule has 0 saturated carbocycles. The maximum Gasteiger partial charge on any atom is 0.0547 e. The molecule has 2 saturated heterocycles. The Hall–Kier alpha value is -0.120. The summed E-state index contributed by atoms with van der Waals surface area (Å²) in [6, 6.07) is 0. The van der Waals surface area contributed by atoms with Crippen molar-refractivity contribution in [1.82, 2.24) is 4.90 Å². The molecular weight excluding hydrogens is 200 g/mol. The van der Waals surface area contributed by atoms with Gasteiger partial charge in [-0.2, -0.15) is 0 Å². The number of hydrogen-bond donors (Lipinski definition) is 1. The van der Waals surface area contributed by atoms with Gasteiger partial charge in [0.05, 0.1) is 6.61 Å². The number of piperidine rings is 1. The molecule has 0 aromatic carbocycles. The lowest BCUT2D eigenvalue weighted by Gasteiger charge is -2.40. The molecule has 3 heteroatoms. The fourth-order valence-electron chi connectivity index (χ4n) is 3.40. The number of ether oxygens (including phenoxy) is 1. The van der Waals surface area contributed by atoms with Gasteiger partial charge in [0.15, 0.2) is 0 Å². The maximum atomic E-state index is 5.95. The second-order valence-corrected chi connectivity index (χ2v) is 6.15. The van der Waals surface area contributed by atoms with E-state index in [0.29, 0.717) is 0 Å². The zero-order valence-electron chi connectivity index (χ0n) is 10.7. The van der Waals surface area contributed by atoms with Crippen molar-refractivity contribution in [3.63, 3.8) is 0 Å². The molecule has 2 heterocycles. The highest BCUT2D eigenvalue weighted by atomic mass is 16.5. The van der Waals surface area contributed by atoms with Gasteiger partial charge in [-0.1, -0.05) is 13.8 Å². The summed E-state index contributed by atoms with van der Waals surface area (Å²) in [5.74, 6) is 1.67. The van der Waals surface area contributed by atoms with E-state index < -0.39 is 0 Å². The number of hydrogen-bond acceptors (Lipinski definition) is 3. The fraction of sp³-hybridized carbons (Fsp3) is 1.00. The highest BCUT2D eigenvalue weighted by Crippen LogP contribution is 2.31. The molecule has 0 radical (unpaired) electrons. The quantitative estimate of drug-likeness (QED) is 0.789. The molecular formula is C13H26N2O. The molecule has 0 aromatic rings. The van der Waals surface area contributed by atoms with Crippen LogP contribution in [-0.4, -0.2) is 44.3 Å². The van der Waals surface area contributed by atoms with E-state index in [-0.39, 0.29) is 5.41 Å². The molecule has 0 bridgehead atoms. The first-order valence-electron chi connectivity index (χ1n) is 6.64. The Morgan fingerprint density at radius 1 is 1.31 bits per heavy atom. The largest absolute Gasteiger partial charge is 0.381 e. The van der Waals surface area contributed by atoms with Crippen LogP contribution in [0.3, 0.4) is 0 Å². The number of rotatable bonds is 3. The van der Waals surface area contributed by atoms with Crippen LogP contribution < -0.4 is 5.73 Å². The molecule has 0 aromatic heterocycles. The van der Waals surface area contributed by atoms with E-state index >= 15 is 0 Å². The highest BCUT2D eigenvalue weighted by molar-refractivity contribution is 4.89. The molecule has 2 N–H and O–H groups in total. The van der Waals surface area contributed by atoms with Crippen LogP contribution in [0.5, 0.6) is 0 Å². The third-order valence-electron chi connectivity index (χ3n) is 4.12. The van der Waals surface area contributed by atoms with E-state index in [9.17, 15) is 0 Å². The minimum absolute atomic E-state index is 0.247. The van der Waals surface area contributed by atoms with E-state index in [4.69, 9.17) is 10.5 Å². The van der Waals surface area contributed by atoms with Crippen molar-refractivity contribution < 1.29 is 4.74 Å². The normalized spacial score (nSPS) is 41.4. The van der Waals surface area contributed by atoms with Crippen LogP contribution >= 0.6 is 0 Å². The van der Waals surface area contributed by atoms with Crippen LogP contribution in [0.15, 0.2) is 0 Å². The fourth-order valence-corrected chi connectivity index (χ4v) is 3.40. The minimum Gasteiger partial charge on any atom is -0.381 e. The summed E-state index contributed by atoms with van der Waals surface area (Å²) in [6.07, 6.45) is 2.52. The Bertz CT molecular complexity index is 216. The van der Waals surface area contributed by atoms with Gasteiger partial charge < -0.3 is 15.4 Å². The predicted molar refractivity (Wildman–Crippen MR) is 66.3 cm³/mol. The van der Waals surface area contributed by atoms with Crippen molar-refractivity contribution in [2.75, 3.05) is 39.4 Å². The molecule has 2 fully saturated rings. The van der Waals surface area contributed by atoms with Crippen molar-refractivity contribution in [3.05, 3.63) is 0 Å². The monoisotopic (exact) mass is 226 g/mol. The molecule has 16 heavy (non-hydrogen) atoms. The van der Waals surface area contributed by atoms with Gasteiger partial charge in [0.25, 0.3) is 0 Å². The van der Waals surface area contributed by atoms with Crippen molar-refractivity contribution in [2.24, 2.45) is 23.0 Å². The first-order valence-corrected chi connectivity index (χ1v) is 6.64. The van der Waals surface area contributed by atoms with Crippen LogP contribution in [0.25, 0.3) is 0 Å². The summed E-state index contributed by atoms with van der Waals surface area (Å²) in [5, 5.41) is 0. The third-order valence-corrected chi connectivity index (χ3v) is 4.12. The molecule has 3 nitrogen and oxygen atoms in total. The Balaban J connectivity index is 1.92. The summed E-state index contributed by atoms with van der Waals surface area (Å²) < 4.78 is 5.54. The lowest BCUT2D eigenvalue weighted by atomic mass is 9.84. The SMILES string of the molecule is CC1CC(C)CN(CC2(CN)CCOC2)C1. The average Bonchev–Trinajstić information content (AvgIpc) is 2.65. The lowest BCUT2D eigenvalue weighted by Crippen LogP contribution is -2.48. The first kappa shape index (κ1) is 12.3. The highest BCUT2D eigenvalue weighted by Gasteiger charge is 2.36. The zero-order chi connectivity index (χ0) is 11.6. The van der Waals surface area contributed by atoms with Crippen molar-refractivity contribution in [1.29, 1.82) is 0 Å². The number of likely N-dealkylation sites (tertiary alicyclic amines) is 1. The van der Waals surface area contributed by atoms with Gasteiger partial charge in [-0.25, -0.2) is 0 Å². The lowest BCUT2D eigenvalue weighted by molar-refractivity contribution is 0.0727. The van der Waals surface area contributed by atoms with Gasteiger partial charge in [0.2, 0.25) is 0 Å². The molecule has 94 valence electrons. The average molecular weight is 226 g/mol. The Morgan fingerprint density at radius 2 is 2.00 bits per heavy atom. The minimum atomic E-state index is 0.247. The molecule has 0 spiro atoms. The smallest absolute Gasteiger partial charge is 0.0547 e. The van der Waals surface area contributed by atoms with Crippen LogP contribution in [0, 0.1) is 17.3 Å².